The molecule has 1 spiro atoms. The topological polar surface area (TPSA) is 58.6 Å². The highest BCUT2D eigenvalue weighted by Crippen LogP contribution is 2.36. The van der Waals surface area contributed by atoms with E-state index in [4.69, 9.17) is 16.3 Å². The van der Waals surface area contributed by atoms with Crippen molar-refractivity contribution in [1.29, 1.82) is 0 Å². The lowest BCUT2D eigenvalue weighted by Crippen LogP contribution is -2.44. The Hall–Kier alpha value is -1.75. The number of nitrogens with zero attached hydrogens (tertiary/aromatic N) is 1. The molecule has 2 aliphatic rings. The van der Waals surface area contributed by atoms with Gasteiger partial charge in [0.1, 0.15) is 11.3 Å². The normalized spacial score (nSPS) is 20.2. The molecule has 0 aromatic heterocycles. The number of methoxy groups -OCH3 is 1. The molecule has 1 aromatic carbocycles. The Labute approximate surface area is 128 Å². The van der Waals surface area contributed by atoms with Gasteiger partial charge in [0.25, 0.3) is 5.91 Å². The molecule has 112 valence electrons. The highest BCUT2D eigenvalue weighted by atomic mass is 35.5. The van der Waals surface area contributed by atoms with Crippen molar-refractivity contribution < 1.29 is 14.3 Å². The van der Waals surface area contributed by atoms with Gasteiger partial charge in [0.15, 0.2) is 0 Å². The van der Waals surface area contributed by atoms with Crippen molar-refractivity contribution in [2.45, 2.75) is 37.8 Å². The Morgan fingerprint density at radius 3 is 2.71 bits per heavy atom. The highest BCUT2D eigenvalue weighted by molar-refractivity contribution is 6.30. The molecular weight excluding hydrogens is 292 g/mol. The maximum absolute atomic E-state index is 12.6. The Balaban J connectivity index is 1.86. The predicted molar refractivity (Wildman–Crippen MR) is 78.3 cm³/mol. The second-order valence-electron chi connectivity index (χ2n) is 5.57. The summed E-state index contributed by atoms with van der Waals surface area (Å²) in [6, 6.07) is 4.85. The zero-order valence-electron chi connectivity index (χ0n) is 11.8. The standard InChI is InChI=1S/C15H17ClN2O3/c1-21-12-5-4-11(16)8-10(12)9-18-13(19)15(17-14(18)20)6-2-3-7-15/h4-5,8H,2-3,6-7,9H2,1H3,(H,17,20). The van der Waals surface area contributed by atoms with E-state index in [1.54, 1.807) is 25.3 Å². The van der Waals surface area contributed by atoms with Gasteiger partial charge in [-0.1, -0.05) is 24.4 Å². The van der Waals surface area contributed by atoms with Gasteiger partial charge >= 0.3 is 6.03 Å². The molecule has 0 unspecified atom stereocenters. The fraction of sp³-hybridized carbons (Fsp3) is 0.467. The number of urea groups is 1. The van der Waals surface area contributed by atoms with E-state index in [1.807, 2.05) is 0 Å². The van der Waals surface area contributed by atoms with Crippen LogP contribution in [0.5, 0.6) is 5.75 Å². The fourth-order valence-electron chi connectivity index (χ4n) is 3.18. The van der Waals surface area contributed by atoms with Crippen LogP contribution in [0.4, 0.5) is 4.79 Å². The number of carbonyl (C=O) groups excluding carboxylic acids is 2. The quantitative estimate of drug-likeness (QED) is 0.873. The molecule has 1 aromatic rings. The molecular formula is C15H17ClN2O3. The Kier molecular flexibility index (Phi) is 3.53. The second-order valence-corrected chi connectivity index (χ2v) is 6.00. The number of ether oxygens (including phenoxy) is 1. The number of hydrogen-bond donors (Lipinski definition) is 1. The van der Waals surface area contributed by atoms with Crippen LogP contribution in [0.2, 0.25) is 5.02 Å². The van der Waals surface area contributed by atoms with Gasteiger partial charge in [0.2, 0.25) is 0 Å². The minimum absolute atomic E-state index is 0.132. The number of imide groups is 1. The van der Waals surface area contributed by atoms with Crippen LogP contribution in [-0.2, 0) is 11.3 Å². The van der Waals surface area contributed by atoms with E-state index >= 15 is 0 Å². The maximum atomic E-state index is 12.6. The van der Waals surface area contributed by atoms with Crippen LogP contribution < -0.4 is 10.1 Å². The molecule has 0 bridgehead atoms. The van der Waals surface area contributed by atoms with Crippen molar-refractivity contribution >= 4 is 23.5 Å². The number of benzene rings is 1. The summed E-state index contributed by atoms with van der Waals surface area (Å²) in [6.07, 6.45) is 3.39. The first-order chi connectivity index (χ1) is 10.1. The molecule has 6 heteroatoms. The van der Waals surface area contributed by atoms with E-state index in [2.05, 4.69) is 5.32 Å². The molecule has 0 radical (unpaired) electrons. The van der Waals surface area contributed by atoms with Gasteiger partial charge in [0.05, 0.1) is 13.7 Å². The average molecular weight is 309 g/mol. The molecule has 5 nitrogen and oxygen atoms in total. The van der Waals surface area contributed by atoms with Crippen molar-refractivity contribution in [2.75, 3.05) is 7.11 Å². The minimum Gasteiger partial charge on any atom is -0.496 e. The third-order valence-corrected chi connectivity index (χ3v) is 4.51. The summed E-state index contributed by atoms with van der Waals surface area (Å²) < 4.78 is 5.27. The largest absolute Gasteiger partial charge is 0.496 e. The minimum atomic E-state index is -0.678. The lowest BCUT2D eigenvalue weighted by molar-refractivity contribution is -0.131. The molecule has 0 atom stereocenters. The van der Waals surface area contributed by atoms with E-state index in [1.165, 1.54) is 4.90 Å². The van der Waals surface area contributed by atoms with Crippen molar-refractivity contribution in [1.82, 2.24) is 10.2 Å². The molecule has 1 saturated heterocycles. The van der Waals surface area contributed by atoms with E-state index < -0.39 is 5.54 Å². The summed E-state index contributed by atoms with van der Waals surface area (Å²) in [5.41, 5.74) is 0.0478. The van der Waals surface area contributed by atoms with Crippen LogP contribution in [-0.4, -0.2) is 29.5 Å². The number of halogens is 1. The van der Waals surface area contributed by atoms with E-state index in [0.29, 0.717) is 10.8 Å². The summed E-state index contributed by atoms with van der Waals surface area (Å²) in [6.45, 7) is 0.177. The molecule has 3 amide bonds. The monoisotopic (exact) mass is 308 g/mol. The predicted octanol–water partition coefficient (Wildman–Crippen LogP) is 2.71. The second kappa shape index (κ2) is 5.22. The van der Waals surface area contributed by atoms with Crippen molar-refractivity contribution in [3.05, 3.63) is 28.8 Å². The first-order valence-electron chi connectivity index (χ1n) is 7.02. The Morgan fingerprint density at radius 1 is 1.33 bits per heavy atom. The highest BCUT2D eigenvalue weighted by Gasteiger charge is 2.52. The van der Waals surface area contributed by atoms with Crippen molar-refractivity contribution in [3.63, 3.8) is 0 Å². The molecule has 1 aliphatic heterocycles. The smallest absolute Gasteiger partial charge is 0.325 e. The first-order valence-corrected chi connectivity index (χ1v) is 7.40. The first kappa shape index (κ1) is 14.2. The molecule has 1 saturated carbocycles. The zero-order valence-corrected chi connectivity index (χ0v) is 12.6. The number of nitrogens with one attached hydrogen (secondary N) is 1. The van der Waals surface area contributed by atoms with Crippen molar-refractivity contribution in [3.8, 4) is 5.75 Å². The van der Waals surface area contributed by atoms with Crippen LogP contribution in [0.15, 0.2) is 18.2 Å². The lowest BCUT2D eigenvalue weighted by atomic mass is 9.98. The SMILES string of the molecule is COc1ccc(Cl)cc1CN1C(=O)NC2(CCCC2)C1=O. The average Bonchev–Trinajstić information content (AvgIpc) is 3.01. The molecule has 1 aliphatic carbocycles. The Bertz CT molecular complexity index is 597. The fourth-order valence-corrected chi connectivity index (χ4v) is 3.37. The summed E-state index contributed by atoms with van der Waals surface area (Å²) in [7, 11) is 1.55. The molecule has 21 heavy (non-hydrogen) atoms. The lowest BCUT2D eigenvalue weighted by Gasteiger charge is -2.20. The van der Waals surface area contributed by atoms with Gasteiger partial charge < -0.3 is 10.1 Å². The maximum Gasteiger partial charge on any atom is 0.325 e. The Morgan fingerprint density at radius 2 is 2.05 bits per heavy atom. The molecule has 1 N–H and O–H groups in total. The third-order valence-electron chi connectivity index (χ3n) is 4.27. The van der Waals surface area contributed by atoms with Crippen LogP contribution in [0, 0.1) is 0 Å². The summed E-state index contributed by atoms with van der Waals surface area (Å²) in [5, 5.41) is 3.41. The van der Waals surface area contributed by atoms with E-state index in [0.717, 1.165) is 31.2 Å². The van der Waals surface area contributed by atoms with Gasteiger partial charge in [-0.15, -0.1) is 0 Å². The van der Waals surface area contributed by atoms with Gasteiger partial charge in [0, 0.05) is 10.6 Å². The third kappa shape index (κ3) is 2.35. The summed E-state index contributed by atoms with van der Waals surface area (Å²) in [5.74, 6) is 0.486. The van der Waals surface area contributed by atoms with Crippen LogP contribution >= 0.6 is 11.6 Å². The summed E-state index contributed by atoms with van der Waals surface area (Å²) >= 11 is 5.99. The van der Waals surface area contributed by atoms with Crippen LogP contribution in [0.3, 0.4) is 0 Å². The number of amides is 3. The van der Waals surface area contributed by atoms with Gasteiger partial charge in [-0.2, -0.15) is 0 Å². The van der Waals surface area contributed by atoms with E-state index in [9.17, 15) is 9.59 Å². The van der Waals surface area contributed by atoms with Gasteiger partial charge in [-0.25, -0.2) is 4.79 Å². The molecule has 1 heterocycles. The summed E-state index contributed by atoms with van der Waals surface area (Å²) in [4.78, 5) is 26.0. The number of hydrogen-bond acceptors (Lipinski definition) is 3. The number of rotatable bonds is 3. The molecule has 3 rings (SSSR count). The van der Waals surface area contributed by atoms with Crippen molar-refractivity contribution in [2.24, 2.45) is 0 Å². The van der Waals surface area contributed by atoms with Crippen LogP contribution in [0.25, 0.3) is 0 Å². The number of carbonyl (C=O) groups is 2. The zero-order chi connectivity index (χ0) is 15.0. The van der Waals surface area contributed by atoms with E-state index in [-0.39, 0.29) is 18.5 Å². The van der Waals surface area contributed by atoms with Crippen LogP contribution in [0.1, 0.15) is 31.2 Å². The van der Waals surface area contributed by atoms with Gasteiger partial charge in [-0.3, -0.25) is 9.69 Å². The van der Waals surface area contributed by atoms with Gasteiger partial charge in [-0.05, 0) is 31.0 Å². The molecule has 2 fully saturated rings.